The smallest absolute Gasteiger partial charge is 0.307 e. The van der Waals surface area contributed by atoms with Gasteiger partial charge in [0.15, 0.2) is 0 Å². The fraction of sp³-hybridized carbons (Fsp3) is 0.600. The lowest BCUT2D eigenvalue weighted by Crippen LogP contribution is -2.39. The maximum atomic E-state index is 12.3. The van der Waals surface area contributed by atoms with Gasteiger partial charge in [0, 0.05) is 31.2 Å². The summed E-state index contributed by atoms with van der Waals surface area (Å²) in [6.07, 6.45) is 5.77. The molecule has 1 aliphatic carbocycles. The normalized spacial score (nSPS) is 23.5. The molecule has 0 aromatic heterocycles. The molecule has 25 heavy (non-hydrogen) atoms. The molecule has 1 saturated carbocycles. The van der Waals surface area contributed by atoms with Gasteiger partial charge < -0.3 is 14.9 Å². The number of piperidine rings is 1. The van der Waals surface area contributed by atoms with Gasteiger partial charge >= 0.3 is 5.97 Å². The third-order valence-corrected chi connectivity index (χ3v) is 5.80. The standard InChI is InChI=1S/C20H26N2O3/c23-19(15-4-5-15)22-11-8-16-12-14(3-6-18(16)22)7-10-21-9-1-2-17(13-21)20(24)25/h3,6,12,15,17H,1-2,4-5,7-11,13H2,(H,24,25). The van der Waals surface area contributed by atoms with E-state index >= 15 is 0 Å². The van der Waals surface area contributed by atoms with E-state index in [4.69, 9.17) is 0 Å². The molecule has 5 nitrogen and oxygen atoms in total. The van der Waals surface area contributed by atoms with Crippen LogP contribution in [-0.4, -0.2) is 48.1 Å². The van der Waals surface area contributed by atoms with E-state index in [0.29, 0.717) is 12.5 Å². The Bertz CT molecular complexity index is 684. The summed E-state index contributed by atoms with van der Waals surface area (Å²) in [7, 11) is 0. The number of hydrogen-bond acceptors (Lipinski definition) is 3. The number of amides is 1. The Morgan fingerprint density at radius 2 is 1.96 bits per heavy atom. The molecule has 2 fully saturated rings. The van der Waals surface area contributed by atoms with Crippen molar-refractivity contribution >= 4 is 17.6 Å². The maximum absolute atomic E-state index is 12.3. The topological polar surface area (TPSA) is 60.9 Å². The number of carboxylic acid groups (broad SMARTS) is 1. The minimum atomic E-state index is -0.664. The molecule has 1 saturated heterocycles. The summed E-state index contributed by atoms with van der Waals surface area (Å²) < 4.78 is 0. The van der Waals surface area contributed by atoms with Gasteiger partial charge in [-0.15, -0.1) is 0 Å². The van der Waals surface area contributed by atoms with Gasteiger partial charge in [-0.1, -0.05) is 12.1 Å². The highest BCUT2D eigenvalue weighted by Gasteiger charge is 2.36. The number of carboxylic acids is 1. The lowest BCUT2D eigenvalue weighted by molar-refractivity contribution is -0.143. The van der Waals surface area contributed by atoms with Crippen molar-refractivity contribution in [2.45, 2.75) is 38.5 Å². The Balaban J connectivity index is 1.36. The molecule has 2 heterocycles. The number of anilines is 1. The van der Waals surface area contributed by atoms with Crippen LogP contribution in [0.1, 0.15) is 36.8 Å². The number of carbonyl (C=O) groups excluding carboxylic acids is 1. The quantitative estimate of drug-likeness (QED) is 0.892. The first kappa shape index (κ1) is 16.6. The van der Waals surface area contributed by atoms with Crippen LogP contribution >= 0.6 is 0 Å². The van der Waals surface area contributed by atoms with E-state index in [1.54, 1.807) is 0 Å². The second-order valence-corrected chi connectivity index (χ2v) is 7.71. The van der Waals surface area contributed by atoms with Crippen molar-refractivity contribution in [2.24, 2.45) is 11.8 Å². The Kier molecular flexibility index (Phi) is 4.50. The van der Waals surface area contributed by atoms with Gasteiger partial charge in [0.05, 0.1) is 5.92 Å². The first-order chi connectivity index (χ1) is 12.1. The van der Waals surface area contributed by atoms with E-state index in [-0.39, 0.29) is 11.8 Å². The predicted molar refractivity (Wildman–Crippen MR) is 95.7 cm³/mol. The zero-order chi connectivity index (χ0) is 17.4. The number of benzene rings is 1. The Labute approximate surface area is 148 Å². The minimum absolute atomic E-state index is 0.212. The highest BCUT2D eigenvalue weighted by atomic mass is 16.4. The lowest BCUT2D eigenvalue weighted by atomic mass is 9.97. The number of fused-ring (bicyclic) bond motifs is 1. The third kappa shape index (κ3) is 3.56. The van der Waals surface area contributed by atoms with Gasteiger partial charge in [-0.3, -0.25) is 9.59 Å². The molecule has 3 aliphatic rings. The van der Waals surface area contributed by atoms with E-state index in [1.807, 2.05) is 4.90 Å². The van der Waals surface area contributed by atoms with Crippen LogP contribution in [0.15, 0.2) is 18.2 Å². The molecule has 0 radical (unpaired) electrons. The summed E-state index contributed by atoms with van der Waals surface area (Å²) in [5.41, 5.74) is 3.68. The molecule has 5 heteroatoms. The predicted octanol–water partition coefficient (Wildman–Crippen LogP) is 2.32. The van der Waals surface area contributed by atoms with E-state index < -0.39 is 5.97 Å². The number of carbonyl (C=O) groups is 2. The van der Waals surface area contributed by atoms with Crippen molar-refractivity contribution in [1.29, 1.82) is 0 Å². The first-order valence-corrected chi connectivity index (χ1v) is 9.50. The van der Waals surface area contributed by atoms with E-state index in [0.717, 1.165) is 63.8 Å². The molecule has 0 spiro atoms. The Hall–Kier alpha value is -1.88. The molecule has 1 atom stereocenters. The second-order valence-electron chi connectivity index (χ2n) is 7.71. The summed E-state index contributed by atoms with van der Waals surface area (Å²) in [6.45, 7) is 3.40. The number of aliphatic carboxylic acids is 1. The van der Waals surface area contributed by atoms with Crippen LogP contribution in [0.5, 0.6) is 0 Å². The maximum Gasteiger partial charge on any atom is 0.307 e. The van der Waals surface area contributed by atoms with E-state index in [2.05, 4.69) is 23.1 Å². The second kappa shape index (κ2) is 6.79. The van der Waals surface area contributed by atoms with Gasteiger partial charge in [-0.25, -0.2) is 0 Å². The monoisotopic (exact) mass is 342 g/mol. The zero-order valence-electron chi connectivity index (χ0n) is 14.6. The van der Waals surface area contributed by atoms with Crippen molar-refractivity contribution < 1.29 is 14.7 Å². The number of rotatable bonds is 5. The van der Waals surface area contributed by atoms with E-state index in [1.165, 1.54) is 11.1 Å². The van der Waals surface area contributed by atoms with Crippen molar-refractivity contribution in [3.8, 4) is 0 Å². The molecule has 1 amide bonds. The molecule has 4 rings (SSSR count). The van der Waals surface area contributed by atoms with Crippen LogP contribution in [0.3, 0.4) is 0 Å². The Morgan fingerprint density at radius 1 is 1.12 bits per heavy atom. The van der Waals surface area contributed by atoms with E-state index in [9.17, 15) is 14.7 Å². The molecule has 1 unspecified atom stereocenters. The summed E-state index contributed by atoms with van der Waals surface area (Å²) in [5.74, 6) is -0.301. The molecule has 134 valence electrons. The minimum Gasteiger partial charge on any atom is -0.481 e. The highest BCUT2D eigenvalue weighted by Crippen LogP contribution is 2.36. The van der Waals surface area contributed by atoms with Crippen molar-refractivity contribution in [2.75, 3.05) is 31.1 Å². The van der Waals surface area contributed by atoms with Gasteiger partial charge in [0.1, 0.15) is 0 Å². The van der Waals surface area contributed by atoms with Gasteiger partial charge in [-0.2, -0.15) is 0 Å². The lowest BCUT2D eigenvalue weighted by Gasteiger charge is -2.30. The molecular formula is C20H26N2O3. The van der Waals surface area contributed by atoms with Crippen molar-refractivity contribution in [1.82, 2.24) is 4.90 Å². The number of likely N-dealkylation sites (tertiary alicyclic amines) is 1. The average molecular weight is 342 g/mol. The summed E-state index contributed by atoms with van der Waals surface area (Å²) in [5, 5.41) is 9.20. The fourth-order valence-corrected chi connectivity index (χ4v) is 4.14. The molecule has 1 aromatic carbocycles. The van der Waals surface area contributed by atoms with Gasteiger partial charge in [-0.05, 0) is 62.3 Å². The SMILES string of the molecule is O=C(O)C1CCCN(CCc2ccc3c(c2)CCN3C(=O)C2CC2)C1. The average Bonchev–Trinajstić information content (AvgIpc) is 3.39. The summed E-state index contributed by atoms with van der Waals surface area (Å²) in [4.78, 5) is 27.8. The number of nitrogens with zero attached hydrogens (tertiary/aromatic N) is 2. The summed E-state index contributed by atoms with van der Waals surface area (Å²) >= 11 is 0. The van der Waals surface area contributed by atoms with Crippen LogP contribution in [0.25, 0.3) is 0 Å². The highest BCUT2D eigenvalue weighted by molar-refractivity contribution is 5.98. The first-order valence-electron chi connectivity index (χ1n) is 9.50. The van der Waals surface area contributed by atoms with Crippen LogP contribution in [0, 0.1) is 11.8 Å². The molecule has 2 aliphatic heterocycles. The Morgan fingerprint density at radius 3 is 2.72 bits per heavy atom. The number of hydrogen-bond donors (Lipinski definition) is 1. The van der Waals surface area contributed by atoms with Crippen LogP contribution in [-0.2, 0) is 22.4 Å². The van der Waals surface area contributed by atoms with Crippen molar-refractivity contribution in [3.63, 3.8) is 0 Å². The molecular weight excluding hydrogens is 316 g/mol. The molecule has 1 N–H and O–H groups in total. The van der Waals surface area contributed by atoms with Gasteiger partial charge in [0.2, 0.25) is 5.91 Å². The fourth-order valence-electron chi connectivity index (χ4n) is 4.14. The zero-order valence-corrected chi connectivity index (χ0v) is 14.6. The summed E-state index contributed by atoms with van der Waals surface area (Å²) in [6, 6.07) is 6.48. The largest absolute Gasteiger partial charge is 0.481 e. The van der Waals surface area contributed by atoms with Crippen molar-refractivity contribution in [3.05, 3.63) is 29.3 Å². The van der Waals surface area contributed by atoms with Crippen LogP contribution < -0.4 is 4.90 Å². The van der Waals surface area contributed by atoms with Crippen LogP contribution in [0.4, 0.5) is 5.69 Å². The van der Waals surface area contributed by atoms with Crippen LogP contribution in [0.2, 0.25) is 0 Å². The molecule has 0 bridgehead atoms. The third-order valence-electron chi connectivity index (χ3n) is 5.80. The van der Waals surface area contributed by atoms with Gasteiger partial charge in [0.25, 0.3) is 0 Å². The molecule has 1 aromatic rings.